The third kappa shape index (κ3) is 4.32. The molecule has 2 atom stereocenters. The smallest absolute Gasteiger partial charge is 0.0575 e. The number of nitrogens with two attached hydrogens (primary N) is 1. The number of aryl methyl sites for hydroxylation is 2. The highest BCUT2D eigenvalue weighted by Gasteiger charge is 2.16. The van der Waals surface area contributed by atoms with E-state index in [9.17, 15) is 0 Å². The van der Waals surface area contributed by atoms with Gasteiger partial charge in [0.05, 0.1) is 6.10 Å². The number of ether oxygens (including phenoxy) is 1. The molecular weight excluding hydrogens is 234 g/mol. The Morgan fingerprint density at radius 2 is 2.00 bits per heavy atom. The Morgan fingerprint density at radius 1 is 1.26 bits per heavy atom. The van der Waals surface area contributed by atoms with Crippen molar-refractivity contribution in [2.24, 2.45) is 5.73 Å². The molecule has 2 heteroatoms. The van der Waals surface area contributed by atoms with E-state index in [1.165, 1.54) is 36.0 Å². The van der Waals surface area contributed by atoms with Crippen molar-refractivity contribution >= 4 is 0 Å². The van der Waals surface area contributed by atoms with Crippen LogP contribution in [0.25, 0.3) is 0 Å². The van der Waals surface area contributed by atoms with Crippen molar-refractivity contribution in [3.05, 3.63) is 34.9 Å². The van der Waals surface area contributed by atoms with Gasteiger partial charge in [-0.1, -0.05) is 18.2 Å². The fraction of sp³-hybridized carbons (Fsp3) is 0.647. The van der Waals surface area contributed by atoms with Gasteiger partial charge in [0.15, 0.2) is 0 Å². The molecule has 2 N–H and O–H groups in total. The van der Waals surface area contributed by atoms with Gasteiger partial charge in [-0.3, -0.25) is 0 Å². The van der Waals surface area contributed by atoms with E-state index >= 15 is 0 Å². The van der Waals surface area contributed by atoms with Crippen LogP contribution in [-0.2, 0) is 11.2 Å². The molecule has 106 valence electrons. The summed E-state index contributed by atoms with van der Waals surface area (Å²) in [4.78, 5) is 0. The first kappa shape index (κ1) is 14.5. The first-order valence-electron chi connectivity index (χ1n) is 7.59. The summed E-state index contributed by atoms with van der Waals surface area (Å²) in [5, 5.41) is 0. The van der Waals surface area contributed by atoms with Gasteiger partial charge in [-0.25, -0.2) is 0 Å². The Kier molecular flexibility index (Phi) is 5.41. The van der Waals surface area contributed by atoms with Gasteiger partial charge in [-0.05, 0) is 69.1 Å². The highest BCUT2D eigenvalue weighted by atomic mass is 16.5. The van der Waals surface area contributed by atoms with E-state index in [-0.39, 0.29) is 6.04 Å². The lowest BCUT2D eigenvalue weighted by molar-refractivity contribution is 0.00915. The zero-order valence-electron chi connectivity index (χ0n) is 12.3. The molecule has 0 bridgehead atoms. The van der Waals surface area contributed by atoms with Gasteiger partial charge in [0.2, 0.25) is 0 Å². The lowest BCUT2D eigenvalue weighted by Crippen LogP contribution is -2.27. The van der Waals surface area contributed by atoms with E-state index in [2.05, 4.69) is 32.0 Å². The highest BCUT2D eigenvalue weighted by Crippen LogP contribution is 2.20. The normalized spacial score (nSPS) is 21.3. The molecule has 2 unspecified atom stereocenters. The first-order chi connectivity index (χ1) is 9.16. The van der Waals surface area contributed by atoms with E-state index in [0.29, 0.717) is 6.10 Å². The molecule has 0 aromatic heterocycles. The summed E-state index contributed by atoms with van der Waals surface area (Å²) in [5.74, 6) is 0. The monoisotopic (exact) mass is 261 g/mol. The largest absolute Gasteiger partial charge is 0.378 e. The Balaban J connectivity index is 1.82. The lowest BCUT2D eigenvalue weighted by Gasteiger charge is -2.24. The van der Waals surface area contributed by atoms with Gasteiger partial charge in [-0.2, -0.15) is 0 Å². The molecule has 0 radical (unpaired) electrons. The van der Waals surface area contributed by atoms with Crippen LogP contribution in [0.2, 0.25) is 0 Å². The van der Waals surface area contributed by atoms with Gasteiger partial charge < -0.3 is 10.5 Å². The topological polar surface area (TPSA) is 35.2 Å². The summed E-state index contributed by atoms with van der Waals surface area (Å²) in [6, 6.07) is 6.74. The zero-order chi connectivity index (χ0) is 13.7. The van der Waals surface area contributed by atoms with E-state index < -0.39 is 0 Å². The molecule has 0 saturated carbocycles. The van der Waals surface area contributed by atoms with Gasteiger partial charge >= 0.3 is 0 Å². The fourth-order valence-corrected chi connectivity index (χ4v) is 2.97. The minimum Gasteiger partial charge on any atom is -0.378 e. The van der Waals surface area contributed by atoms with Crippen LogP contribution in [0.1, 0.15) is 48.8 Å². The van der Waals surface area contributed by atoms with Crippen molar-refractivity contribution in [2.75, 3.05) is 6.61 Å². The fourth-order valence-electron chi connectivity index (χ4n) is 2.97. The second-order valence-corrected chi connectivity index (χ2v) is 5.90. The van der Waals surface area contributed by atoms with E-state index in [1.54, 1.807) is 0 Å². The van der Waals surface area contributed by atoms with Crippen molar-refractivity contribution in [3.63, 3.8) is 0 Å². The van der Waals surface area contributed by atoms with Gasteiger partial charge in [0.1, 0.15) is 0 Å². The number of benzene rings is 1. The van der Waals surface area contributed by atoms with Crippen LogP contribution in [0.5, 0.6) is 0 Å². The Morgan fingerprint density at radius 3 is 2.63 bits per heavy atom. The average molecular weight is 261 g/mol. The van der Waals surface area contributed by atoms with Crippen LogP contribution < -0.4 is 5.73 Å². The molecule has 1 aromatic rings. The third-order valence-corrected chi connectivity index (χ3v) is 4.24. The van der Waals surface area contributed by atoms with E-state index in [1.807, 2.05) is 0 Å². The van der Waals surface area contributed by atoms with Crippen molar-refractivity contribution in [1.82, 2.24) is 0 Å². The number of hydrogen-bond acceptors (Lipinski definition) is 2. The second kappa shape index (κ2) is 7.06. The van der Waals surface area contributed by atoms with E-state index in [0.717, 1.165) is 25.9 Å². The summed E-state index contributed by atoms with van der Waals surface area (Å²) < 4.78 is 5.77. The number of hydrogen-bond donors (Lipinski definition) is 1. The molecule has 1 aromatic carbocycles. The van der Waals surface area contributed by atoms with Crippen LogP contribution in [0.4, 0.5) is 0 Å². The summed E-state index contributed by atoms with van der Waals surface area (Å²) in [7, 11) is 0. The van der Waals surface area contributed by atoms with Crippen LogP contribution >= 0.6 is 0 Å². The number of rotatable bonds is 5. The van der Waals surface area contributed by atoms with Crippen molar-refractivity contribution in [2.45, 2.75) is 64.5 Å². The maximum absolute atomic E-state index is 6.31. The Bertz CT molecular complexity index is 376. The Labute approximate surface area is 117 Å². The third-order valence-electron chi connectivity index (χ3n) is 4.24. The molecule has 1 aliphatic heterocycles. The molecular formula is C17H27NO. The first-order valence-corrected chi connectivity index (χ1v) is 7.59. The van der Waals surface area contributed by atoms with E-state index in [4.69, 9.17) is 10.5 Å². The molecule has 1 fully saturated rings. The summed E-state index contributed by atoms with van der Waals surface area (Å²) in [6.45, 7) is 5.30. The molecule has 0 aliphatic carbocycles. The summed E-state index contributed by atoms with van der Waals surface area (Å²) >= 11 is 0. The van der Waals surface area contributed by atoms with Crippen LogP contribution in [0, 0.1) is 13.8 Å². The predicted octanol–water partition coefficient (Wildman–Crippen LogP) is 3.52. The van der Waals surface area contributed by atoms with Gasteiger partial charge in [0.25, 0.3) is 0 Å². The van der Waals surface area contributed by atoms with Crippen molar-refractivity contribution in [1.29, 1.82) is 0 Å². The maximum Gasteiger partial charge on any atom is 0.0575 e. The molecule has 2 rings (SSSR count). The molecule has 0 spiro atoms. The second-order valence-electron chi connectivity index (χ2n) is 5.90. The minimum atomic E-state index is 0.255. The van der Waals surface area contributed by atoms with Gasteiger partial charge in [-0.15, -0.1) is 0 Å². The van der Waals surface area contributed by atoms with Crippen molar-refractivity contribution in [3.8, 4) is 0 Å². The molecule has 1 saturated heterocycles. The minimum absolute atomic E-state index is 0.255. The SMILES string of the molecule is Cc1cccc(C)c1CC(N)CCC1CCCCO1. The summed E-state index contributed by atoms with van der Waals surface area (Å²) in [5.41, 5.74) is 10.5. The highest BCUT2D eigenvalue weighted by molar-refractivity contribution is 5.34. The molecule has 2 nitrogen and oxygen atoms in total. The molecule has 19 heavy (non-hydrogen) atoms. The lowest BCUT2D eigenvalue weighted by atomic mass is 9.93. The van der Waals surface area contributed by atoms with Gasteiger partial charge in [0, 0.05) is 12.6 Å². The van der Waals surface area contributed by atoms with Crippen LogP contribution in [0.3, 0.4) is 0 Å². The maximum atomic E-state index is 6.31. The zero-order valence-corrected chi connectivity index (χ0v) is 12.3. The van der Waals surface area contributed by atoms with Crippen LogP contribution in [-0.4, -0.2) is 18.8 Å². The summed E-state index contributed by atoms with van der Waals surface area (Å²) in [6.07, 6.45) is 7.39. The molecule has 0 amide bonds. The Hall–Kier alpha value is -0.860. The quantitative estimate of drug-likeness (QED) is 0.880. The molecule has 1 heterocycles. The predicted molar refractivity (Wildman–Crippen MR) is 80.4 cm³/mol. The molecule has 1 aliphatic rings. The van der Waals surface area contributed by atoms with Crippen LogP contribution in [0.15, 0.2) is 18.2 Å². The average Bonchev–Trinajstić information content (AvgIpc) is 2.42. The van der Waals surface area contributed by atoms with Crippen molar-refractivity contribution < 1.29 is 4.74 Å². The standard InChI is InChI=1S/C17H27NO/c1-13-6-5-7-14(2)17(13)12-15(18)9-10-16-8-3-4-11-19-16/h5-7,15-16H,3-4,8-12,18H2,1-2H3.